The molecule has 2 aromatic rings. The van der Waals surface area contributed by atoms with Crippen LogP contribution in [0.15, 0.2) is 47.5 Å². The van der Waals surface area contributed by atoms with Crippen molar-refractivity contribution in [1.29, 1.82) is 0 Å². The van der Waals surface area contributed by atoms with E-state index in [0.29, 0.717) is 23.8 Å². The summed E-state index contributed by atoms with van der Waals surface area (Å²) in [7, 11) is -3.35. The van der Waals surface area contributed by atoms with Crippen molar-refractivity contribution in [3.63, 3.8) is 0 Å². The van der Waals surface area contributed by atoms with Gasteiger partial charge in [-0.3, -0.25) is 0 Å². The highest BCUT2D eigenvalue weighted by molar-refractivity contribution is 7.90. The molecule has 0 radical (unpaired) electrons. The fourth-order valence-electron chi connectivity index (χ4n) is 2.65. The van der Waals surface area contributed by atoms with Crippen molar-refractivity contribution >= 4 is 21.3 Å². The summed E-state index contributed by atoms with van der Waals surface area (Å²) in [5, 5.41) is 12.1. The highest BCUT2D eigenvalue weighted by atomic mass is 32.2. The Morgan fingerprint density at radius 1 is 1.26 bits per heavy atom. The van der Waals surface area contributed by atoms with Gasteiger partial charge in [-0.15, -0.1) is 0 Å². The molecule has 23 heavy (non-hydrogen) atoms. The molecule has 6 nitrogen and oxygen atoms in total. The van der Waals surface area contributed by atoms with E-state index in [-0.39, 0.29) is 4.90 Å². The van der Waals surface area contributed by atoms with E-state index in [0.717, 1.165) is 11.0 Å². The lowest BCUT2D eigenvalue weighted by atomic mass is 10.1. The summed E-state index contributed by atoms with van der Waals surface area (Å²) in [5.74, 6) is 0.980. The van der Waals surface area contributed by atoms with Crippen molar-refractivity contribution in [3.8, 4) is 5.75 Å². The van der Waals surface area contributed by atoms with Crippen LogP contribution in [0.1, 0.15) is 13.8 Å². The standard InChI is InChI=1S/C16H18N2O4S/c1-16(2)11-17(15-6-4-5-9-18(15)19)13-10-12(23(3,20)21)7-8-14(13)22-16/h4-10H,11H2,1-3H3. The number of ether oxygens (including phenoxy) is 1. The van der Waals surface area contributed by atoms with Gasteiger partial charge in [0.05, 0.1) is 11.1 Å². The summed E-state index contributed by atoms with van der Waals surface area (Å²) < 4.78 is 30.4. The SMILES string of the molecule is CC1(C)CN(c2cccc[n+]2[O-])c2cc(S(C)(=O)=O)ccc2O1. The molecule has 1 aliphatic heterocycles. The van der Waals surface area contributed by atoms with Gasteiger partial charge < -0.3 is 9.94 Å². The van der Waals surface area contributed by atoms with Gasteiger partial charge in [0.1, 0.15) is 12.1 Å². The van der Waals surface area contributed by atoms with Gasteiger partial charge in [0.2, 0.25) is 0 Å². The van der Waals surface area contributed by atoms with Crippen molar-refractivity contribution in [1.82, 2.24) is 0 Å². The molecule has 0 saturated heterocycles. The highest BCUT2D eigenvalue weighted by Gasteiger charge is 2.38. The topological polar surface area (TPSA) is 73.5 Å². The number of benzene rings is 1. The summed E-state index contributed by atoms with van der Waals surface area (Å²) in [5.41, 5.74) is 0.0608. The van der Waals surface area contributed by atoms with Crippen LogP contribution in [0.5, 0.6) is 5.75 Å². The molecule has 3 rings (SSSR count). The van der Waals surface area contributed by atoms with Gasteiger partial charge in [0.15, 0.2) is 21.3 Å². The maximum absolute atomic E-state index is 12.1. The summed E-state index contributed by atoms with van der Waals surface area (Å²) in [6, 6.07) is 9.82. The number of fused-ring (bicyclic) bond motifs is 1. The molecule has 0 unspecified atom stereocenters. The minimum atomic E-state index is -3.35. The third-order valence-electron chi connectivity index (χ3n) is 3.65. The Morgan fingerprint density at radius 2 is 2.00 bits per heavy atom. The van der Waals surface area contributed by atoms with Gasteiger partial charge in [-0.2, -0.15) is 0 Å². The minimum Gasteiger partial charge on any atom is -0.711 e. The molecular formula is C16H18N2O4S. The van der Waals surface area contributed by atoms with E-state index >= 15 is 0 Å². The number of hydrogen-bond donors (Lipinski definition) is 0. The van der Waals surface area contributed by atoms with E-state index < -0.39 is 15.4 Å². The lowest BCUT2D eigenvalue weighted by Gasteiger charge is -2.36. The summed E-state index contributed by atoms with van der Waals surface area (Å²) in [6.07, 6.45) is 2.57. The molecule has 0 N–H and O–H groups in total. The normalized spacial score (nSPS) is 16.6. The van der Waals surface area contributed by atoms with Crippen LogP contribution in [0.3, 0.4) is 0 Å². The fraction of sp³-hybridized carbons (Fsp3) is 0.312. The van der Waals surface area contributed by atoms with Gasteiger partial charge in [-0.25, -0.2) is 18.0 Å². The molecule has 2 heterocycles. The Hall–Kier alpha value is -2.28. The number of hydrogen-bond acceptors (Lipinski definition) is 5. The number of anilines is 2. The third-order valence-corrected chi connectivity index (χ3v) is 4.76. The summed E-state index contributed by atoms with van der Waals surface area (Å²) in [6.45, 7) is 4.27. The second-order valence-corrected chi connectivity index (χ2v) is 8.25. The van der Waals surface area contributed by atoms with E-state index in [1.165, 1.54) is 12.3 Å². The molecule has 1 aromatic carbocycles. The van der Waals surface area contributed by atoms with Gasteiger partial charge in [0, 0.05) is 18.4 Å². The monoisotopic (exact) mass is 334 g/mol. The number of pyridine rings is 1. The first-order valence-electron chi connectivity index (χ1n) is 7.16. The Bertz CT molecular complexity index is 862. The largest absolute Gasteiger partial charge is 0.711 e. The van der Waals surface area contributed by atoms with Gasteiger partial charge >= 0.3 is 0 Å². The molecule has 0 saturated carbocycles. The van der Waals surface area contributed by atoms with Crippen LogP contribution in [0.4, 0.5) is 11.5 Å². The Kier molecular flexibility index (Phi) is 3.48. The van der Waals surface area contributed by atoms with Gasteiger partial charge in [-0.1, -0.05) is 6.07 Å². The fourth-order valence-corrected chi connectivity index (χ4v) is 3.29. The van der Waals surface area contributed by atoms with Crippen LogP contribution in [0.25, 0.3) is 0 Å². The first kappa shape index (κ1) is 15.6. The van der Waals surface area contributed by atoms with E-state index in [1.807, 2.05) is 13.8 Å². The van der Waals surface area contributed by atoms with Crippen molar-refractivity contribution in [2.24, 2.45) is 0 Å². The summed E-state index contributed by atoms with van der Waals surface area (Å²) >= 11 is 0. The highest BCUT2D eigenvalue weighted by Crippen LogP contribution is 2.41. The zero-order valence-corrected chi connectivity index (χ0v) is 14.0. The number of nitrogens with zero attached hydrogens (tertiary/aromatic N) is 2. The molecule has 0 amide bonds. The molecule has 0 aliphatic carbocycles. The zero-order chi connectivity index (χ0) is 16.8. The van der Waals surface area contributed by atoms with Crippen molar-refractivity contribution in [2.75, 3.05) is 17.7 Å². The lowest BCUT2D eigenvalue weighted by Crippen LogP contribution is -2.48. The van der Waals surface area contributed by atoms with Gasteiger partial charge in [0.25, 0.3) is 5.82 Å². The molecule has 0 spiro atoms. The maximum atomic E-state index is 12.1. The average molecular weight is 334 g/mol. The minimum absolute atomic E-state index is 0.193. The predicted molar refractivity (Wildman–Crippen MR) is 86.7 cm³/mol. The maximum Gasteiger partial charge on any atom is 0.285 e. The zero-order valence-electron chi connectivity index (χ0n) is 13.2. The van der Waals surface area contributed by atoms with E-state index in [9.17, 15) is 13.6 Å². The predicted octanol–water partition coefficient (Wildman–Crippen LogP) is 2.03. The van der Waals surface area contributed by atoms with Gasteiger partial charge in [-0.05, 0) is 32.0 Å². The van der Waals surface area contributed by atoms with E-state index in [4.69, 9.17) is 4.74 Å². The van der Waals surface area contributed by atoms with E-state index in [1.54, 1.807) is 35.2 Å². The third kappa shape index (κ3) is 2.96. The Labute approximate surface area is 135 Å². The van der Waals surface area contributed by atoms with Crippen LogP contribution in [-0.4, -0.2) is 26.8 Å². The van der Waals surface area contributed by atoms with Crippen LogP contribution in [0, 0.1) is 5.21 Å². The Balaban J connectivity index is 2.21. The number of sulfone groups is 1. The number of aromatic nitrogens is 1. The molecule has 0 atom stereocenters. The smallest absolute Gasteiger partial charge is 0.285 e. The lowest BCUT2D eigenvalue weighted by molar-refractivity contribution is -0.592. The Morgan fingerprint density at radius 3 is 2.65 bits per heavy atom. The van der Waals surface area contributed by atoms with Crippen molar-refractivity contribution in [3.05, 3.63) is 47.8 Å². The van der Waals surface area contributed by atoms with Crippen molar-refractivity contribution in [2.45, 2.75) is 24.3 Å². The first-order chi connectivity index (χ1) is 10.7. The molecular weight excluding hydrogens is 316 g/mol. The second-order valence-electron chi connectivity index (χ2n) is 6.23. The molecule has 1 aromatic heterocycles. The van der Waals surface area contributed by atoms with Crippen LogP contribution in [0.2, 0.25) is 0 Å². The van der Waals surface area contributed by atoms with Crippen LogP contribution in [-0.2, 0) is 9.84 Å². The molecule has 122 valence electrons. The summed E-state index contributed by atoms with van der Waals surface area (Å²) in [4.78, 5) is 1.98. The average Bonchev–Trinajstić information content (AvgIpc) is 2.44. The molecule has 0 bridgehead atoms. The quantitative estimate of drug-likeness (QED) is 0.621. The van der Waals surface area contributed by atoms with Crippen LogP contribution >= 0.6 is 0 Å². The molecule has 0 fully saturated rings. The number of rotatable bonds is 2. The molecule has 7 heteroatoms. The van der Waals surface area contributed by atoms with E-state index in [2.05, 4.69) is 0 Å². The second kappa shape index (κ2) is 5.13. The van der Waals surface area contributed by atoms with Crippen molar-refractivity contribution < 1.29 is 17.9 Å². The first-order valence-corrected chi connectivity index (χ1v) is 9.05. The molecule has 1 aliphatic rings. The van der Waals surface area contributed by atoms with Crippen LogP contribution < -0.4 is 14.4 Å².